The number of ether oxygens (including phenoxy) is 1. The van der Waals surface area contributed by atoms with Crippen LogP contribution < -0.4 is 9.64 Å². The molecule has 9 heteroatoms. The Labute approximate surface area is 183 Å². The van der Waals surface area contributed by atoms with Gasteiger partial charge in [-0.2, -0.15) is 0 Å². The minimum Gasteiger partial charge on any atom is -0.406 e. The van der Waals surface area contributed by atoms with Gasteiger partial charge in [0, 0.05) is 16.8 Å². The van der Waals surface area contributed by atoms with Gasteiger partial charge in [0.25, 0.3) is 0 Å². The Bertz CT molecular complexity index is 906. The number of halogens is 5. The van der Waals surface area contributed by atoms with Crippen molar-refractivity contribution in [2.45, 2.75) is 50.6 Å². The van der Waals surface area contributed by atoms with E-state index in [-0.39, 0.29) is 29.2 Å². The molecule has 1 heterocycles. The van der Waals surface area contributed by atoms with Gasteiger partial charge in [0.05, 0.1) is 17.5 Å². The first-order chi connectivity index (χ1) is 14.0. The normalized spacial score (nSPS) is 21.7. The Kier molecular flexibility index (Phi) is 6.43. The van der Waals surface area contributed by atoms with Gasteiger partial charge in [-0.1, -0.05) is 23.7 Å². The number of rotatable bonds is 5. The molecule has 2 aromatic rings. The molecule has 2 amide bonds. The number of anilines is 1. The van der Waals surface area contributed by atoms with Crippen molar-refractivity contribution >= 4 is 34.9 Å². The lowest BCUT2D eigenvalue weighted by atomic mass is 9.98. The lowest BCUT2D eigenvalue weighted by Crippen LogP contribution is -2.42. The Hall–Kier alpha value is -2.12. The van der Waals surface area contributed by atoms with E-state index in [1.807, 2.05) is 13.8 Å². The van der Waals surface area contributed by atoms with Crippen molar-refractivity contribution in [2.24, 2.45) is 0 Å². The average Bonchev–Trinajstić information content (AvgIpc) is 2.91. The molecule has 4 nitrogen and oxygen atoms in total. The van der Waals surface area contributed by atoms with Gasteiger partial charge >= 0.3 is 12.4 Å². The highest BCUT2D eigenvalue weighted by Crippen LogP contribution is 2.41. The van der Waals surface area contributed by atoms with E-state index in [0.717, 1.165) is 0 Å². The van der Waals surface area contributed by atoms with E-state index >= 15 is 0 Å². The molecule has 3 rings (SSSR count). The second kappa shape index (κ2) is 8.55. The zero-order valence-corrected chi connectivity index (χ0v) is 18.0. The fourth-order valence-corrected chi connectivity index (χ4v) is 3.97. The van der Waals surface area contributed by atoms with Gasteiger partial charge in [0.2, 0.25) is 0 Å². The maximum Gasteiger partial charge on any atom is 0.573 e. The van der Waals surface area contributed by atoms with Crippen LogP contribution in [0.3, 0.4) is 0 Å². The van der Waals surface area contributed by atoms with E-state index in [4.69, 9.17) is 23.2 Å². The first kappa shape index (κ1) is 22.6. The van der Waals surface area contributed by atoms with Crippen LogP contribution in [-0.4, -0.2) is 34.8 Å². The van der Waals surface area contributed by atoms with E-state index in [9.17, 15) is 18.0 Å². The topological polar surface area (TPSA) is 32.8 Å². The predicted molar refractivity (Wildman–Crippen MR) is 111 cm³/mol. The van der Waals surface area contributed by atoms with Crippen LogP contribution in [0.15, 0.2) is 48.5 Å². The van der Waals surface area contributed by atoms with Crippen LogP contribution in [0.4, 0.5) is 23.7 Å². The third-order valence-corrected chi connectivity index (χ3v) is 5.85. The molecule has 0 spiro atoms. The number of nitrogens with zero attached hydrogens (tertiary/aromatic N) is 2. The number of benzene rings is 2. The summed E-state index contributed by atoms with van der Waals surface area (Å²) in [5.41, 5.74) is 1.17. The molecule has 30 heavy (non-hydrogen) atoms. The molecule has 0 N–H and O–H groups in total. The van der Waals surface area contributed by atoms with Crippen LogP contribution in [0.25, 0.3) is 0 Å². The fraction of sp³-hybridized carbons (Fsp3) is 0.381. The highest BCUT2D eigenvalue weighted by Gasteiger charge is 2.47. The molecule has 0 aliphatic carbocycles. The summed E-state index contributed by atoms with van der Waals surface area (Å²) in [6.45, 7) is 5.44. The quantitative estimate of drug-likeness (QED) is 0.469. The van der Waals surface area contributed by atoms with E-state index in [2.05, 4.69) is 4.74 Å². The third kappa shape index (κ3) is 4.62. The van der Waals surface area contributed by atoms with Crippen molar-refractivity contribution < 1.29 is 22.7 Å². The maximum absolute atomic E-state index is 13.4. The van der Waals surface area contributed by atoms with Crippen LogP contribution in [0.1, 0.15) is 32.4 Å². The highest BCUT2D eigenvalue weighted by atomic mass is 35.5. The first-order valence-electron chi connectivity index (χ1n) is 9.36. The van der Waals surface area contributed by atoms with Crippen molar-refractivity contribution in [3.05, 3.63) is 59.1 Å². The van der Waals surface area contributed by atoms with Crippen molar-refractivity contribution in [1.29, 1.82) is 0 Å². The second-order valence-corrected chi connectivity index (χ2v) is 8.38. The smallest absolute Gasteiger partial charge is 0.406 e. The maximum atomic E-state index is 13.4. The van der Waals surface area contributed by atoms with Crippen LogP contribution >= 0.6 is 23.2 Å². The molecule has 0 bridgehead atoms. The fourth-order valence-electron chi connectivity index (χ4n) is 3.72. The van der Waals surface area contributed by atoms with Gasteiger partial charge in [-0.3, -0.25) is 4.90 Å². The molecule has 0 radical (unpaired) electrons. The van der Waals surface area contributed by atoms with Gasteiger partial charge in [-0.25, -0.2) is 4.79 Å². The number of alkyl halides is 4. The molecule has 1 fully saturated rings. The number of hydrogen-bond acceptors (Lipinski definition) is 2. The Morgan fingerprint density at radius 3 is 2.30 bits per heavy atom. The summed E-state index contributed by atoms with van der Waals surface area (Å²) in [4.78, 5) is 16.6. The van der Waals surface area contributed by atoms with Crippen LogP contribution in [0.5, 0.6) is 5.75 Å². The summed E-state index contributed by atoms with van der Waals surface area (Å²) in [6, 6.07) is 11.0. The number of hydrogen-bond donors (Lipinski definition) is 0. The first-order valence-corrected chi connectivity index (χ1v) is 10.2. The second-order valence-electron chi connectivity index (χ2n) is 7.26. The molecule has 0 saturated carbocycles. The number of carbonyl (C=O) groups is 1. The zero-order valence-electron chi connectivity index (χ0n) is 16.5. The molecular formula is C21H21Cl2F3N2O2. The van der Waals surface area contributed by atoms with Gasteiger partial charge in [0.1, 0.15) is 5.75 Å². The largest absolute Gasteiger partial charge is 0.573 e. The molecule has 1 aliphatic rings. The molecular weight excluding hydrogens is 440 g/mol. The van der Waals surface area contributed by atoms with Gasteiger partial charge in [0.15, 0.2) is 0 Å². The number of urea groups is 1. The summed E-state index contributed by atoms with van der Waals surface area (Å²) in [5.74, 6) is -0.337. The van der Waals surface area contributed by atoms with Crippen molar-refractivity contribution in [1.82, 2.24) is 4.90 Å². The van der Waals surface area contributed by atoms with E-state index in [0.29, 0.717) is 16.3 Å². The van der Waals surface area contributed by atoms with Gasteiger partial charge in [-0.15, -0.1) is 24.8 Å². The molecule has 162 valence electrons. The molecule has 4 atom stereocenters. The van der Waals surface area contributed by atoms with Crippen molar-refractivity contribution in [2.75, 3.05) is 4.90 Å². The summed E-state index contributed by atoms with van der Waals surface area (Å²) in [7, 11) is 0. The Morgan fingerprint density at radius 2 is 1.73 bits per heavy atom. The van der Waals surface area contributed by atoms with E-state index in [1.54, 1.807) is 47.1 Å². The summed E-state index contributed by atoms with van der Waals surface area (Å²) >= 11 is 12.3. The lowest BCUT2D eigenvalue weighted by Gasteiger charge is -2.32. The SMILES string of the molecule is CC([C@H](C)Cl)N1C(=O)N(c2ccc(Cl)cc2)[C@H](C)[C@H]1c1cccc(OC(F)(F)F)c1. The Morgan fingerprint density at radius 1 is 1.10 bits per heavy atom. The highest BCUT2D eigenvalue weighted by molar-refractivity contribution is 6.30. The predicted octanol–water partition coefficient (Wildman–Crippen LogP) is 6.63. The summed E-state index contributed by atoms with van der Waals surface area (Å²) < 4.78 is 42.2. The van der Waals surface area contributed by atoms with Crippen molar-refractivity contribution in [3.8, 4) is 5.75 Å². The average molecular weight is 461 g/mol. The minimum atomic E-state index is -4.80. The molecule has 2 aromatic carbocycles. The number of carbonyl (C=O) groups excluding carboxylic acids is 1. The monoisotopic (exact) mass is 460 g/mol. The summed E-state index contributed by atoms with van der Waals surface area (Å²) in [6.07, 6.45) is -4.80. The standard InChI is InChI=1S/C21H21Cl2F3N2O2/c1-12(22)13(2)28-19(15-5-4-6-18(11-15)30-21(24,25)26)14(3)27(20(28)29)17-9-7-16(23)8-10-17/h4-14,19H,1-3H3/t12-,13?,14+,19-/m0/s1. The molecule has 1 unspecified atom stereocenters. The van der Waals surface area contributed by atoms with Gasteiger partial charge in [-0.05, 0) is 62.7 Å². The number of amides is 2. The molecule has 0 aromatic heterocycles. The van der Waals surface area contributed by atoms with Crippen molar-refractivity contribution in [3.63, 3.8) is 0 Å². The third-order valence-electron chi connectivity index (χ3n) is 5.23. The van der Waals surface area contributed by atoms with E-state index in [1.165, 1.54) is 18.2 Å². The van der Waals surface area contributed by atoms with Crippen LogP contribution in [0, 0.1) is 0 Å². The summed E-state index contributed by atoms with van der Waals surface area (Å²) in [5, 5.41) is 0.162. The Balaban J connectivity index is 2.05. The molecule has 1 aliphatic heterocycles. The van der Waals surface area contributed by atoms with Crippen LogP contribution in [-0.2, 0) is 0 Å². The van der Waals surface area contributed by atoms with Gasteiger partial charge < -0.3 is 9.64 Å². The van der Waals surface area contributed by atoms with E-state index < -0.39 is 12.4 Å². The minimum absolute atomic E-state index is 0.281. The molecule has 1 saturated heterocycles. The van der Waals surface area contributed by atoms with Crippen LogP contribution in [0.2, 0.25) is 5.02 Å². The lowest BCUT2D eigenvalue weighted by molar-refractivity contribution is -0.274. The zero-order chi connectivity index (χ0) is 22.2.